The molecule has 0 aliphatic rings. The summed E-state index contributed by atoms with van der Waals surface area (Å²) < 4.78 is 37.4. The van der Waals surface area contributed by atoms with Gasteiger partial charge in [0.1, 0.15) is 18.2 Å². The van der Waals surface area contributed by atoms with Gasteiger partial charge < -0.3 is 14.6 Å². The first kappa shape index (κ1) is 15.3. The number of hydrogen-bond donors (Lipinski definition) is 1. The van der Waals surface area contributed by atoms with Crippen LogP contribution in [0, 0.1) is 11.6 Å². The van der Waals surface area contributed by atoms with Crippen molar-refractivity contribution < 1.29 is 23.4 Å². The van der Waals surface area contributed by atoms with Crippen molar-refractivity contribution in [1.82, 2.24) is 0 Å². The Morgan fingerprint density at radius 1 is 1.10 bits per heavy atom. The Hall–Kier alpha value is -2.14. The van der Waals surface area contributed by atoms with Crippen molar-refractivity contribution in [3.63, 3.8) is 0 Å². The summed E-state index contributed by atoms with van der Waals surface area (Å²) in [6, 6.07) is 8.70. The Labute approximate surface area is 121 Å². The molecule has 0 saturated heterocycles. The van der Waals surface area contributed by atoms with Crippen molar-refractivity contribution >= 4 is 0 Å². The van der Waals surface area contributed by atoms with E-state index in [-0.39, 0.29) is 17.9 Å². The van der Waals surface area contributed by atoms with Crippen LogP contribution in [0.3, 0.4) is 0 Å². The van der Waals surface area contributed by atoms with Crippen LogP contribution < -0.4 is 9.47 Å². The van der Waals surface area contributed by atoms with E-state index in [1.807, 2.05) is 0 Å². The standard InChI is InChI=1S/C16H16F2O3/c1-10(19)13-5-4-12(8-14(13)17)21-9-11-3-6-16(20-2)15(18)7-11/h3-8,10,19H,9H2,1-2H3/t10-/m1/s1. The van der Waals surface area contributed by atoms with Gasteiger partial charge in [0.15, 0.2) is 11.6 Å². The molecule has 2 rings (SSSR count). The van der Waals surface area contributed by atoms with E-state index >= 15 is 0 Å². The summed E-state index contributed by atoms with van der Waals surface area (Å²) in [6.07, 6.45) is -0.880. The minimum Gasteiger partial charge on any atom is -0.494 e. The molecule has 3 nitrogen and oxygen atoms in total. The molecule has 0 saturated carbocycles. The van der Waals surface area contributed by atoms with Crippen LogP contribution >= 0.6 is 0 Å². The van der Waals surface area contributed by atoms with Gasteiger partial charge in [0.2, 0.25) is 0 Å². The summed E-state index contributed by atoms with van der Waals surface area (Å²) in [7, 11) is 1.39. The van der Waals surface area contributed by atoms with Crippen molar-refractivity contribution in [1.29, 1.82) is 0 Å². The Morgan fingerprint density at radius 2 is 1.86 bits per heavy atom. The average molecular weight is 294 g/mol. The molecule has 2 aromatic carbocycles. The molecule has 0 bridgehead atoms. The first-order valence-corrected chi connectivity index (χ1v) is 6.44. The van der Waals surface area contributed by atoms with Crippen LogP contribution in [0.1, 0.15) is 24.2 Å². The Bertz CT molecular complexity index is 627. The van der Waals surface area contributed by atoms with Crippen LogP contribution in [0.4, 0.5) is 8.78 Å². The second kappa shape index (κ2) is 6.54. The lowest BCUT2D eigenvalue weighted by molar-refractivity contribution is 0.194. The number of halogens is 2. The number of benzene rings is 2. The molecule has 0 fully saturated rings. The van der Waals surface area contributed by atoms with Gasteiger partial charge in [-0.25, -0.2) is 8.78 Å². The third-order valence-corrected chi connectivity index (χ3v) is 3.04. The Balaban J connectivity index is 2.06. The molecule has 0 aliphatic carbocycles. The van der Waals surface area contributed by atoms with E-state index in [0.717, 1.165) is 0 Å². The molecule has 0 amide bonds. The van der Waals surface area contributed by atoms with Gasteiger partial charge in [-0.1, -0.05) is 6.07 Å². The maximum absolute atomic E-state index is 13.7. The average Bonchev–Trinajstić information content (AvgIpc) is 2.45. The normalized spacial score (nSPS) is 12.0. The van der Waals surface area contributed by atoms with Gasteiger partial charge in [0.05, 0.1) is 13.2 Å². The van der Waals surface area contributed by atoms with E-state index in [2.05, 4.69) is 0 Å². The van der Waals surface area contributed by atoms with Gasteiger partial charge >= 0.3 is 0 Å². The van der Waals surface area contributed by atoms with Crippen LogP contribution in [0.2, 0.25) is 0 Å². The van der Waals surface area contributed by atoms with E-state index in [1.165, 1.54) is 38.3 Å². The highest BCUT2D eigenvalue weighted by Gasteiger charge is 2.09. The molecule has 1 N–H and O–H groups in total. The van der Waals surface area contributed by atoms with Gasteiger partial charge in [0, 0.05) is 11.6 Å². The minimum absolute atomic E-state index is 0.106. The van der Waals surface area contributed by atoms with Crippen molar-refractivity contribution in [2.75, 3.05) is 7.11 Å². The van der Waals surface area contributed by atoms with Crippen LogP contribution in [-0.2, 0) is 6.61 Å². The quantitative estimate of drug-likeness (QED) is 0.915. The van der Waals surface area contributed by atoms with Gasteiger partial charge in [-0.05, 0) is 36.8 Å². The monoisotopic (exact) mass is 294 g/mol. The fraction of sp³-hybridized carbons (Fsp3) is 0.250. The molecule has 0 heterocycles. The molecule has 0 aromatic heterocycles. The third kappa shape index (κ3) is 3.70. The predicted octanol–water partition coefficient (Wildman–Crippen LogP) is 3.61. The van der Waals surface area contributed by atoms with E-state index < -0.39 is 17.7 Å². The summed E-state index contributed by atoms with van der Waals surface area (Å²) in [6.45, 7) is 1.59. The summed E-state index contributed by atoms with van der Waals surface area (Å²) in [5.41, 5.74) is 0.811. The lowest BCUT2D eigenvalue weighted by Gasteiger charge is -2.10. The van der Waals surface area contributed by atoms with Gasteiger partial charge in [-0.15, -0.1) is 0 Å². The highest BCUT2D eigenvalue weighted by Crippen LogP contribution is 2.23. The van der Waals surface area contributed by atoms with E-state index in [4.69, 9.17) is 9.47 Å². The van der Waals surface area contributed by atoms with Crippen LogP contribution in [0.25, 0.3) is 0 Å². The summed E-state index contributed by atoms with van der Waals surface area (Å²) >= 11 is 0. The van der Waals surface area contributed by atoms with Crippen molar-refractivity contribution in [2.45, 2.75) is 19.6 Å². The zero-order valence-electron chi connectivity index (χ0n) is 11.8. The second-order valence-electron chi connectivity index (χ2n) is 4.62. The van der Waals surface area contributed by atoms with Crippen molar-refractivity contribution in [2.24, 2.45) is 0 Å². The molecule has 1 atom stereocenters. The smallest absolute Gasteiger partial charge is 0.165 e. The fourth-order valence-corrected chi connectivity index (χ4v) is 1.90. The first-order chi connectivity index (χ1) is 10.0. The first-order valence-electron chi connectivity index (χ1n) is 6.44. The van der Waals surface area contributed by atoms with Crippen molar-refractivity contribution in [3.05, 3.63) is 59.2 Å². The van der Waals surface area contributed by atoms with Crippen LogP contribution in [-0.4, -0.2) is 12.2 Å². The molecule has 0 spiro atoms. The molecule has 21 heavy (non-hydrogen) atoms. The zero-order valence-corrected chi connectivity index (χ0v) is 11.8. The van der Waals surface area contributed by atoms with E-state index in [9.17, 15) is 13.9 Å². The Kier molecular flexibility index (Phi) is 4.75. The number of aliphatic hydroxyl groups is 1. The summed E-state index contributed by atoms with van der Waals surface area (Å²) in [4.78, 5) is 0. The lowest BCUT2D eigenvalue weighted by atomic mass is 10.1. The van der Waals surface area contributed by atoms with E-state index in [0.29, 0.717) is 11.3 Å². The van der Waals surface area contributed by atoms with Crippen LogP contribution in [0.15, 0.2) is 36.4 Å². The number of aliphatic hydroxyl groups excluding tert-OH is 1. The predicted molar refractivity (Wildman–Crippen MR) is 74.3 cm³/mol. The SMILES string of the molecule is COc1ccc(COc2ccc([C@@H](C)O)c(F)c2)cc1F. The molecule has 2 aromatic rings. The zero-order chi connectivity index (χ0) is 15.4. The molecule has 112 valence electrons. The molecule has 0 aliphatic heterocycles. The topological polar surface area (TPSA) is 38.7 Å². The van der Waals surface area contributed by atoms with Gasteiger partial charge in [-0.3, -0.25) is 0 Å². The fourth-order valence-electron chi connectivity index (χ4n) is 1.90. The van der Waals surface area contributed by atoms with E-state index in [1.54, 1.807) is 12.1 Å². The lowest BCUT2D eigenvalue weighted by Crippen LogP contribution is -2.00. The van der Waals surface area contributed by atoms with Gasteiger partial charge in [0.25, 0.3) is 0 Å². The number of methoxy groups -OCH3 is 1. The molecule has 5 heteroatoms. The minimum atomic E-state index is -0.880. The summed E-state index contributed by atoms with van der Waals surface area (Å²) in [5.74, 6) is -0.545. The number of rotatable bonds is 5. The number of ether oxygens (including phenoxy) is 2. The molecular weight excluding hydrogens is 278 g/mol. The van der Waals surface area contributed by atoms with Gasteiger partial charge in [-0.2, -0.15) is 0 Å². The second-order valence-corrected chi connectivity index (χ2v) is 4.62. The number of hydrogen-bond acceptors (Lipinski definition) is 3. The van der Waals surface area contributed by atoms with Crippen LogP contribution in [0.5, 0.6) is 11.5 Å². The highest BCUT2D eigenvalue weighted by atomic mass is 19.1. The molecular formula is C16H16F2O3. The Morgan fingerprint density at radius 3 is 2.43 bits per heavy atom. The molecule has 0 radical (unpaired) electrons. The maximum atomic E-state index is 13.7. The molecule has 0 unspecified atom stereocenters. The maximum Gasteiger partial charge on any atom is 0.165 e. The summed E-state index contributed by atoms with van der Waals surface area (Å²) in [5, 5.41) is 9.35. The largest absolute Gasteiger partial charge is 0.494 e. The highest BCUT2D eigenvalue weighted by molar-refractivity contribution is 5.32. The van der Waals surface area contributed by atoms with Crippen molar-refractivity contribution in [3.8, 4) is 11.5 Å². The third-order valence-electron chi connectivity index (χ3n) is 3.04.